The van der Waals surface area contributed by atoms with Gasteiger partial charge in [-0.15, -0.1) is 0 Å². The standard InChI is InChI=1S/C21H23N5O2/c1-14-5-6-19(28-2)17(10-14)25-21(27)15-4-3-9-26(13-15)16-11-18-20(24-12-16)23-8-7-22-18/h5-8,10-12,15H,3-4,9,13H2,1-2H3,(H,25,27)/t15-/m0/s1. The number of carbonyl (C=O) groups is 1. The van der Waals surface area contributed by atoms with Crippen LogP contribution in [0.2, 0.25) is 0 Å². The molecule has 1 saturated heterocycles. The Morgan fingerprint density at radius 3 is 2.93 bits per heavy atom. The molecule has 0 bridgehead atoms. The number of aromatic nitrogens is 3. The first-order chi connectivity index (χ1) is 13.6. The number of methoxy groups -OCH3 is 1. The molecular weight excluding hydrogens is 354 g/mol. The monoisotopic (exact) mass is 377 g/mol. The zero-order valence-corrected chi connectivity index (χ0v) is 16.1. The molecule has 0 aliphatic carbocycles. The summed E-state index contributed by atoms with van der Waals surface area (Å²) in [6, 6.07) is 7.76. The van der Waals surface area contributed by atoms with Crippen molar-refractivity contribution in [1.29, 1.82) is 0 Å². The first-order valence-corrected chi connectivity index (χ1v) is 9.41. The third-order valence-electron chi connectivity index (χ3n) is 5.08. The fraction of sp³-hybridized carbons (Fsp3) is 0.333. The minimum absolute atomic E-state index is 0.0159. The van der Waals surface area contributed by atoms with Gasteiger partial charge in [-0.1, -0.05) is 6.07 Å². The smallest absolute Gasteiger partial charge is 0.229 e. The van der Waals surface area contributed by atoms with Gasteiger partial charge in [-0.05, 0) is 43.5 Å². The molecule has 1 N–H and O–H groups in total. The van der Waals surface area contributed by atoms with Crippen LogP contribution in [0.1, 0.15) is 18.4 Å². The highest BCUT2D eigenvalue weighted by atomic mass is 16.5. The fourth-order valence-corrected chi connectivity index (χ4v) is 3.60. The van der Waals surface area contributed by atoms with Crippen molar-refractivity contribution >= 4 is 28.4 Å². The molecule has 28 heavy (non-hydrogen) atoms. The van der Waals surface area contributed by atoms with Gasteiger partial charge in [0.15, 0.2) is 5.65 Å². The molecular formula is C21H23N5O2. The minimum atomic E-state index is -0.100. The molecule has 1 aromatic carbocycles. The Kier molecular flexibility index (Phi) is 5.06. The lowest BCUT2D eigenvalue weighted by atomic mass is 9.96. The number of anilines is 2. The number of aryl methyl sites for hydroxylation is 1. The highest BCUT2D eigenvalue weighted by Crippen LogP contribution is 2.28. The van der Waals surface area contributed by atoms with Crippen LogP contribution in [0.25, 0.3) is 11.2 Å². The molecule has 1 fully saturated rings. The lowest BCUT2D eigenvalue weighted by molar-refractivity contribution is -0.120. The van der Waals surface area contributed by atoms with Crippen molar-refractivity contribution in [2.45, 2.75) is 19.8 Å². The van der Waals surface area contributed by atoms with Crippen LogP contribution in [0, 0.1) is 12.8 Å². The summed E-state index contributed by atoms with van der Waals surface area (Å²) in [5.74, 6) is 0.586. The predicted octanol–water partition coefficient (Wildman–Crippen LogP) is 3.20. The van der Waals surface area contributed by atoms with Crippen molar-refractivity contribution < 1.29 is 9.53 Å². The molecule has 0 radical (unpaired) electrons. The van der Waals surface area contributed by atoms with Crippen LogP contribution in [0.4, 0.5) is 11.4 Å². The highest BCUT2D eigenvalue weighted by Gasteiger charge is 2.27. The van der Waals surface area contributed by atoms with E-state index in [4.69, 9.17) is 4.74 Å². The number of benzene rings is 1. The lowest BCUT2D eigenvalue weighted by Gasteiger charge is -2.33. The van der Waals surface area contributed by atoms with Gasteiger partial charge in [-0.2, -0.15) is 0 Å². The second-order valence-corrected chi connectivity index (χ2v) is 7.07. The Hall–Kier alpha value is -3.22. The summed E-state index contributed by atoms with van der Waals surface area (Å²) in [6.45, 7) is 3.53. The fourth-order valence-electron chi connectivity index (χ4n) is 3.60. The Balaban J connectivity index is 1.50. The van der Waals surface area contributed by atoms with E-state index in [-0.39, 0.29) is 11.8 Å². The van der Waals surface area contributed by atoms with Crippen LogP contribution in [-0.4, -0.2) is 41.1 Å². The molecule has 0 unspecified atom stereocenters. The number of fused-ring (bicyclic) bond motifs is 1. The van der Waals surface area contributed by atoms with Gasteiger partial charge >= 0.3 is 0 Å². The van der Waals surface area contributed by atoms with Gasteiger partial charge in [0, 0.05) is 25.5 Å². The Bertz CT molecular complexity index is 1010. The number of nitrogens with one attached hydrogen (secondary N) is 1. The van der Waals surface area contributed by atoms with Crippen molar-refractivity contribution in [1.82, 2.24) is 15.0 Å². The molecule has 3 aromatic rings. The maximum absolute atomic E-state index is 12.9. The summed E-state index contributed by atoms with van der Waals surface area (Å²) in [5.41, 5.74) is 4.15. The van der Waals surface area contributed by atoms with E-state index in [1.807, 2.05) is 31.2 Å². The van der Waals surface area contributed by atoms with Gasteiger partial charge in [0.1, 0.15) is 11.3 Å². The van der Waals surface area contributed by atoms with Crippen molar-refractivity contribution in [3.8, 4) is 5.75 Å². The SMILES string of the molecule is COc1ccc(C)cc1NC(=O)[C@H]1CCCN(c2cnc3nccnc3c2)C1. The molecule has 1 amide bonds. The quantitative estimate of drug-likeness (QED) is 0.752. The third kappa shape index (κ3) is 3.74. The van der Waals surface area contributed by atoms with E-state index in [1.54, 1.807) is 25.7 Å². The average molecular weight is 377 g/mol. The highest BCUT2D eigenvalue weighted by molar-refractivity contribution is 5.94. The van der Waals surface area contributed by atoms with Gasteiger partial charge in [0.25, 0.3) is 0 Å². The first kappa shape index (κ1) is 18.2. The Morgan fingerprint density at radius 1 is 1.21 bits per heavy atom. The van der Waals surface area contributed by atoms with Crippen molar-refractivity contribution in [3.05, 3.63) is 48.4 Å². The van der Waals surface area contributed by atoms with Crippen molar-refractivity contribution in [2.75, 3.05) is 30.4 Å². The van der Waals surface area contributed by atoms with Crippen LogP contribution in [0.15, 0.2) is 42.9 Å². The number of nitrogens with zero attached hydrogens (tertiary/aromatic N) is 4. The first-order valence-electron chi connectivity index (χ1n) is 9.41. The zero-order chi connectivity index (χ0) is 19.5. The molecule has 2 aromatic heterocycles. The maximum Gasteiger partial charge on any atom is 0.229 e. The largest absolute Gasteiger partial charge is 0.495 e. The van der Waals surface area contributed by atoms with E-state index < -0.39 is 0 Å². The number of hydrogen-bond donors (Lipinski definition) is 1. The number of carbonyl (C=O) groups excluding carboxylic acids is 1. The van der Waals surface area contributed by atoms with E-state index in [0.29, 0.717) is 23.6 Å². The summed E-state index contributed by atoms with van der Waals surface area (Å²) in [7, 11) is 1.61. The Labute approximate surface area is 163 Å². The molecule has 3 heterocycles. The van der Waals surface area contributed by atoms with Crippen LogP contribution in [-0.2, 0) is 4.79 Å². The number of piperidine rings is 1. The topological polar surface area (TPSA) is 80.2 Å². The number of amides is 1. The normalized spacial score (nSPS) is 16.8. The van der Waals surface area contributed by atoms with E-state index in [9.17, 15) is 4.79 Å². The predicted molar refractivity (Wildman–Crippen MR) is 109 cm³/mol. The molecule has 1 atom stereocenters. The second-order valence-electron chi connectivity index (χ2n) is 7.07. The van der Waals surface area contributed by atoms with Crippen LogP contribution in [0.3, 0.4) is 0 Å². The summed E-state index contributed by atoms with van der Waals surface area (Å²) in [4.78, 5) is 28.0. The molecule has 1 aliphatic rings. The van der Waals surface area contributed by atoms with Gasteiger partial charge in [-0.25, -0.2) is 9.97 Å². The summed E-state index contributed by atoms with van der Waals surface area (Å²) in [6.07, 6.45) is 6.91. The molecule has 0 spiro atoms. The Morgan fingerprint density at radius 2 is 2.07 bits per heavy atom. The zero-order valence-electron chi connectivity index (χ0n) is 16.1. The molecule has 7 heteroatoms. The van der Waals surface area contributed by atoms with E-state index in [1.165, 1.54) is 0 Å². The molecule has 144 valence electrons. The van der Waals surface area contributed by atoms with Crippen LogP contribution >= 0.6 is 0 Å². The molecule has 0 saturated carbocycles. The van der Waals surface area contributed by atoms with Crippen molar-refractivity contribution in [3.63, 3.8) is 0 Å². The van der Waals surface area contributed by atoms with E-state index in [0.717, 1.165) is 36.2 Å². The maximum atomic E-state index is 12.9. The van der Waals surface area contributed by atoms with Crippen LogP contribution in [0.5, 0.6) is 5.75 Å². The average Bonchev–Trinajstić information content (AvgIpc) is 2.73. The number of rotatable bonds is 4. The molecule has 1 aliphatic heterocycles. The minimum Gasteiger partial charge on any atom is -0.495 e. The summed E-state index contributed by atoms with van der Waals surface area (Å²) in [5, 5.41) is 3.05. The second kappa shape index (κ2) is 7.80. The molecule has 4 rings (SSSR count). The lowest BCUT2D eigenvalue weighted by Crippen LogP contribution is -2.40. The number of ether oxygens (including phenoxy) is 1. The number of pyridine rings is 1. The van der Waals surface area contributed by atoms with E-state index >= 15 is 0 Å². The summed E-state index contributed by atoms with van der Waals surface area (Å²) < 4.78 is 5.37. The van der Waals surface area contributed by atoms with Gasteiger partial charge < -0.3 is 15.0 Å². The van der Waals surface area contributed by atoms with Gasteiger partial charge in [0.05, 0.1) is 30.6 Å². The molecule has 7 nitrogen and oxygen atoms in total. The van der Waals surface area contributed by atoms with Crippen molar-refractivity contribution in [2.24, 2.45) is 5.92 Å². The number of hydrogen-bond acceptors (Lipinski definition) is 6. The van der Waals surface area contributed by atoms with E-state index in [2.05, 4.69) is 25.2 Å². The summed E-state index contributed by atoms with van der Waals surface area (Å²) >= 11 is 0. The van der Waals surface area contributed by atoms with Gasteiger partial charge in [0.2, 0.25) is 5.91 Å². The van der Waals surface area contributed by atoms with Crippen LogP contribution < -0.4 is 15.0 Å². The van der Waals surface area contributed by atoms with Gasteiger partial charge in [-0.3, -0.25) is 9.78 Å². The third-order valence-corrected chi connectivity index (χ3v) is 5.08.